The number of aromatic nitrogens is 2. The van der Waals surface area contributed by atoms with Crippen molar-refractivity contribution in [3.8, 4) is 0 Å². The van der Waals surface area contributed by atoms with E-state index in [-0.39, 0.29) is 0 Å². The van der Waals surface area contributed by atoms with Gasteiger partial charge in [-0.3, -0.25) is 0 Å². The molecule has 3 heteroatoms. The van der Waals surface area contributed by atoms with Gasteiger partial charge in [-0.25, -0.2) is 4.98 Å². The normalized spacial score (nSPS) is 14.5. The molecule has 0 atom stereocenters. The molecule has 0 spiro atoms. The van der Waals surface area contributed by atoms with Crippen molar-refractivity contribution < 1.29 is 0 Å². The summed E-state index contributed by atoms with van der Waals surface area (Å²) in [5, 5.41) is 3.35. The minimum Gasteiger partial charge on any atom is -0.384 e. The van der Waals surface area contributed by atoms with E-state index in [0.29, 0.717) is 0 Å². The van der Waals surface area contributed by atoms with Gasteiger partial charge in [0.2, 0.25) is 0 Å². The van der Waals surface area contributed by atoms with Crippen LogP contribution in [-0.2, 0) is 6.42 Å². The predicted molar refractivity (Wildman–Crippen MR) is 53.0 cm³/mol. The third-order valence-electron chi connectivity index (χ3n) is 2.54. The van der Waals surface area contributed by atoms with Crippen molar-refractivity contribution in [3.63, 3.8) is 0 Å². The molecule has 0 saturated carbocycles. The van der Waals surface area contributed by atoms with Crippen LogP contribution in [0.4, 0.5) is 5.69 Å². The number of anilines is 1. The Morgan fingerprint density at radius 2 is 2.31 bits per heavy atom. The van der Waals surface area contributed by atoms with Gasteiger partial charge in [0.15, 0.2) is 0 Å². The molecule has 0 aliphatic carbocycles. The second-order valence-electron chi connectivity index (χ2n) is 3.53. The molecule has 0 fully saturated rings. The summed E-state index contributed by atoms with van der Waals surface area (Å²) >= 11 is 0. The molecule has 0 amide bonds. The first-order valence-corrected chi connectivity index (χ1v) is 4.56. The number of fused-ring (bicyclic) bond motifs is 2. The molecule has 3 nitrogen and oxygen atoms in total. The number of hydrogen-bond donors (Lipinski definition) is 2. The van der Waals surface area contributed by atoms with Crippen LogP contribution in [0.2, 0.25) is 0 Å². The average Bonchev–Trinajstić information content (AvgIpc) is 2.63. The van der Waals surface area contributed by atoms with Crippen LogP contribution in [0.5, 0.6) is 0 Å². The Balaban J connectivity index is 2.35. The average molecular weight is 173 g/mol. The van der Waals surface area contributed by atoms with Crippen LogP contribution < -0.4 is 5.32 Å². The van der Waals surface area contributed by atoms with Crippen LogP contribution in [0.1, 0.15) is 11.4 Å². The van der Waals surface area contributed by atoms with E-state index in [4.69, 9.17) is 0 Å². The summed E-state index contributed by atoms with van der Waals surface area (Å²) in [4.78, 5) is 7.64. The maximum absolute atomic E-state index is 4.41. The van der Waals surface area contributed by atoms with Crippen molar-refractivity contribution in [1.29, 1.82) is 0 Å². The lowest BCUT2D eigenvalue weighted by atomic mass is 10.1. The molecule has 2 N–H and O–H groups in total. The fraction of sp³-hybridized carbons (Fsp3) is 0.300. The number of nitrogens with zero attached hydrogens (tertiary/aromatic N) is 1. The van der Waals surface area contributed by atoms with Crippen LogP contribution in [-0.4, -0.2) is 16.5 Å². The molecule has 0 unspecified atom stereocenters. The molecule has 0 saturated heterocycles. The molecule has 3 rings (SSSR count). The van der Waals surface area contributed by atoms with Crippen LogP contribution in [0.15, 0.2) is 12.1 Å². The molecule has 2 heterocycles. The first kappa shape index (κ1) is 6.95. The van der Waals surface area contributed by atoms with Crippen LogP contribution in [0, 0.1) is 6.92 Å². The van der Waals surface area contributed by atoms with Crippen molar-refractivity contribution in [1.82, 2.24) is 9.97 Å². The Bertz CT molecular complexity index is 429. The molecule has 1 aromatic carbocycles. The van der Waals surface area contributed by atoms with Crippen LogP contribution >= 0.6 is 0 Å². The lowest BCUT2D eigenvalue weighted by Crippen LogP contribution is -1.90. The third kappa shape index (κ3) is 0.932. The maximum Gasteiger partial charge on any atom is 0.104 e. The zero-order chi connectivity index (χ0) is 8.84. The van der Waals surface area contributed by atoms with Gasteiger partial charge in [-0.1, -0.05) is 0 Å². The number of nitrogens with one attached hydrogen (secondary N) is 2. The lowest BCUT2D eigenvalue weighted by molar-refractivity contribution is 1.11. The number of benzene rings is 1. The van der Waals surface area contributed by atoms with E-state index >= 15 is 0 Å². The summed E-state index contributed by atoms with van der Waals surface area (Å²) in [5.74, 6) is 0.985. The van der Waals surface area contributed by atoms with Crippen molar-refractivity contribution in [2.45, 2.75) is 13.3 Å². The quantitative estimate of drug-likeness (QED) is 0.638. The van der Waals surface area contributed by atoms with Crippen molar-refractivity contribution in [2.75, 3.05) is 11.9 Å². The summed E-state index contributed by atoms with van der Waals surface area (Å²) in [6, 6.07) is 4.33. The Morgan fingerprint density at radius 1 is 1.38 bits per heavy atom. The number of rotatable bonds is 0. The summed E-state index contributed by atoms with van der Waals surface area (Å²) in [7, 11) is 0. The van der Waals surface area contributed by atoms with E-state index in [1.54, 1.807) is 0 Å². The van der Waals surface area contributed by atoms with Crippen molar-refractivity contribution in [2.24, 2.45) is 0 Å². The zero-order valence-electron chi connectivity index (χ0n) is 7.52. The van der Waals surface area contributed by atoms with Gasteiger partial charge in [0.1, 0.15) is 5.82 Å². The highest BCUT2D eigenvalue weighted by Crippen LogP contribution is 2.26. The molecule has 0 bridgehead atoms. The second-order valence-corrected chi connectivity index (χ2v) is 3.53. The zero-order valence-corrected chi connectivity index (χ0v) is 7.52. The standard InChI is InChI=1S/C10H11N3/c1-6-12-9-4-7-2-3-11-8(7)5-10(9)13-6/h4-5,11H,2-3H2,1H3,(H,12,13). The minimum absolute atomic E-state index is 0.985. The van der Waals surface area contributed by atoms with Gasteiger partial charge < -0.3 is 10.3 Å². The lowest BCUT2D eigenvalue weighted by Gasteiger charge is -1.97. The van der Waals surface area contributed by atoms with E-state index in [9.17, 15) is 0 Å². The Kier molecular flexibility index (Phi) is 1.20. The highest BCUT2D eigenvalue weighted by molar-refractivity contribution is 5.82. The van der Waals surface area contributed by atoms with E-state index in [1.165, 1.54) is 11.3 Å². The molecule has 13 heavy (non-hydrogen) atoms. The minimum atomic E-state index is 0.985. The number of H-pyrrole nitrogens is 1. The van der Waals surface area contributed by atoms with E-state index < -0.39 is 0 Å². The number of imidazole rings is 1. The monoisotopic (exact) mass is 173 g/mol. The first-order valence-electron chi connectivity index (χ1n) is 4.56. The van der Waals surface area contributed by atoms with Crippen molar-refractivity contribution in [3.05, 3.63) is 23.5 Å². The topological polar surface area (TPSA) is 40.7 Å². The molecule has 1 aliphatic heterocycles. The summed E-state index contributed by atoms with van der Waals surface area (Å²) in [6.07, 6.45) is 1.12. The predicted octanol–water partition coefficient (Wildman–Crippen LogP) is 1.84. The number of aryl methyl sites for hydroxylation is 1. The van der Waals surface area contributed by atoms with Gasteiger partial charge >= 0.3 is 0 Å². The smallest absolute Gasteiger partial charge is 0.104 e. The fourth-order valence-electron chi connectivity index (χ4n) is 1.93. The fourth-order valence-corrected chi connectivity index (χ4v) is 1.93. The second kappa shape index (κ2) is 2.25. The molecular formula is C10H11N3. The molecule has 2 aromatic rings. The Labute approximate surface area is 76.2 Å². The first-order chi connectivity index (χ1) is 6.33. The van der Waals surface area contributed by atoms with Gasteiger partial charge in [-0.15, -0.1) is 0 Å². The molecule has 0 radical (unpaired) electrons. The third-order valence-corrected chi connectivity index (χ3v) is 2.54. The molecule has 1 aromatic heterocycles. The van der Waals surface area contributed by atoms with Gasteiger partial charge in [-0.2, -0.15) is 0 Å². The van der Waals surface area contributed by atoms with Gasteiger partial charge in [-0.05, 0) is 31.0 Å². The largest absolute Gasteiger partial charge is 0.384 e. The maximum atomic E-state index is 4.41. The Morgan fingerprint density at radius 3 is 3.23 bits per heavy atom. The summed E-state index contributed by atoms with van der Waals surface area (Å²) in [6.45, 7) is 3.04. The summed E-state index contributed by atoms with van der Waals surface area (Å²) < 4.78 is 0. The molecular weight excluding hydrogens is 162 g/mol. The van der Waals surface area contributed by atoms with Crippen LogP contribution in [0.3, 0.4) is 0 Å². The SMILES string of the molecule is Cc1nc2cc3c(cc2[nH]1)NCC3. The highest BCUT2D eigenvalue weighted by atomic mass is 14.9. The van der Waals surface area contributed by atoms with E-state index in [0.717, 1.165) is 29.8 Å². The van der Waals surface area contributed by atoms with E-state index in [2.05, 4.69) is 27.4 Å². The van der Waals surface area contributed by atoms with Gasteiger partial charge in [0, 0.05) is 12.2 Å². The van der Waals surface area contributed by atoms with E-state index in [1.807, 2.05) is 6.92 Å². The van der Waals surface area contributed by atoms with Crippen LogP contribution in [0.25, 0.3) is 11.0 Å². The number of aromatic amines is 1. The number of hydrogen-bond acceptors (Lipinski definition) is 2. The molecule has 66 valence electrons. The van der Waals surface area contributed by atoms with Crippen molar-refractivity contribution >= 4 is 16.7 Å². The van der Waals surface area contributed by atoms with Gasteiger partial charge in [0.05, 0.1) is 11.0 Å². The van der Waals surface area contributed by atoms with Gasteiger partial charge in [0.25, 0.3) is 0 Å². The highest BCUT2D eigenvalue weighted by Gasteiger charge is 2.11. The molecule has 1 aliphatic rings. The Hall–Kier alpha value is -1.51. The summed E-state index contributed by atoms with van der Waals surface area (Å²) in [5.41, 5.74) is 4.86.